The van der Waals surface area contributed by atoms with Crippen molar-refractivity contribution in [2.45, 2.75) is 19.9 Å². The minimum Gasteiger partial charge on any atom is -0.483 e. The zero-order valence-electron chi connectivity index (χ0n) is 18.5. The molecule has 4 rings (SSSR count). The number of hydrogen-bond acceptors (Lipinski definition) is 3. The molecule has 0 atom stereocenters. The molecule has 0 aliphatic heterocycles. The molecule has 0 bridgehead atoms. The highest BCUT2D eigenvalue weighted by Gasteiger charge is 2.15. The minimum atomic E-state index is -0.289. The summed E-state index contributed by atoms with van der Waals surface area (Å²) < 4.78 is 5.82. The first kappa shape index (κ1) is 22.1. The normalized spacial score (nSPS) is 10.6. The van der Waals surface area contributed by atoms with E-state index in [1.54, 1.807) is 12.1 Å². The Bertz CT molecular complexity index is 1250. The van der Waals surface area contributed by atoms with E-state index in [-0.39, 0.29) is 18.4 Å². The van der Waals surface area contributed by atoms with E-state index in [9.17, 15) is 9.59 Å². The Morgan fingerprint density at radius 1 is 0.788 bits per heavy atom. The van der Waals surface area contributed by atoms with Gasteiger partial charge in [0.05, 0.1) is 5.56 Å². The van der Waals surface area contributed by atoms with Gasteiger partial charge in [-0.3, -0.25) is 9.59 Å². The highest BCUT2D eigenvalue weighted by Crippen LogP contribution is 2.26. The lowest BCUT2D eigenvalue weighted by Gasteiger charge is -2.14. The molecule has 0 saturated carbocycles. The summed E-state index contributed by atoms with van der Waals surface area (Å²) in [6, 6.07) is 28.7. The third-order valence-electron chi connectivity index (χ3n) is 5.39. The summed E-state index contributed by atoms with van der Waals surface area (Å²) in [5.74, 6) is -0.172. The van der Waals surface area contributed by atoms with E-state index >= 15 is 0 Å². The lowest BCUT2D eigenvalue weighted by atomic mass is 10.1. The van der Waals surface area contributed by atoms with E-state index in [2.05, 4.69) is 17.6 Å². The van der Waals surface area contributed by atoms with Gasteiger partial charge in [0.25, 0.3) is 11.8 Å². The Morgan fingerprint density at radius 3 is 2.15 bits per heavy atom. The van der Waals surface area contributed by atoms with Crippen molar-refractivity contribution in [3.63, 3.8) is 0 Å². The summed E-state index contributed by atoms with van der Waals surface area (Å²) in [6.45, 7) is 2.28. The summed E-state index contributed by atoms with van der Waals surface area (Å²) in [5, 5.41) is 7.63. The average molecular weight is 439 g/mol. The van der Waals surface area contributed by atoms with Crippen LogP contribution in [-0.2, 0) is 17.8 Å². The number of ether oxygens (including phenoxy) is 1. The number of hydrogen-bond donors (Lipinski definition) is 2. The van der Waals surface area contributed by atoms with Gasteiger partial charge in [-0.15, -0.1) is 0 Å². The number of carbonyl (C=O) groups is 2. The van der Waals surface area contributed by atoms with Gasteiger partial charge >= 0.3 is 0 Å². The molecule has 0 saturated heterocycles. The maximum atomic E-state index is 13.0. The van der Waals surface area contributed by atoms with Crippen molar-refractivity contribution in [3.05, 3.63) is 108 Å². The van der Waals surface area contributed by atoms with Crippen LogP contribution in [0.2, 0.25) is 0 Å². The molecular weight excluding hydrogens is 412 g/mol. The lowest BCUT2D eigenvalue weighted by molar-refractivity contribution is -0.118. The van der Waals surface area contributed by atoms with Crippen molar-refractivity contribution in [1.29, 1.82) is 0 Å². The van der Waals surface area contributed by atoms with E-state index in [0.717, 1.165) is 22.8 Å². The van der Waals surface area contributed by atoms with Crippen LogP contribution in [0.15, 0.2) is 91.0 Å². The Labute approximate surface area is 193 Å². The van der Waals surface area contributed by atoms with Crippen LogP contribution in [0.3, 0.4) is 0 Å². The molecule has 0 spiro atoms. The monoisotopic (exact) mass is 438 g/mol. The molecular formula is C28H26N2O3. The summed E-state index contributed by atoms with van der Waals surface area (Å²) >= 11 is 0. The minimum absolute atomic E-state index is 0.202. The third kappa shape index (κ3) is 5.77. The molecule has 4 aromatic carbocycles. The van der Waals surface area contributed by atoms with Crippen molar-refractivity contribution >= 4 is 28.3 Å². The number of anilines is 1. The first-order valence-corrected chi connectivity index (χ1v) is 11.0. The number of nitrogens with one attached hydrogen (secondary N) is 2. The zero-order chi connectivity index (χ0) is 23.0. The molecule has 2 N–H and O–H groups in total. The molecule has 166 valence electrons. The highest BCUT2D eigenvalue weighted by atomic mass is 16.5. The number of rotatable bonds is 8. The highest BCUT2D eigenvalue weighted by molar-refractivity contribution is 6.02. The molecule has 0 aliphatic rings. The second-order valence-electron chi connectivity index (χ2n) is 7.75. The molecule has 5 nitrogen and oxygen atoms in total. The van der Waals surface area contributed by atoms with Gasteiger partial charge in [-0.2, -0.15) is 0 Å². The predicted molar refractivity (Wildman–Crippen MR) is 132 cm³/mol. The number of amides is 2. The fourth-order valence-electron chi connectivity index (χ4n) is 3.55. The molecule has 0 aliphatic carbocycles. The van der Waals surface area contributed by atoms with Gasteiger partial charge < -0.3 is 15.4 Å². The molecule has 33 heavy (non-hydrogen) atoms. The van der Waals surface area contributed by atoms with Crippen molar-refractivity contribution < 1.29 is 14.3 Å². The first-order chi connectivity index (χ1) is 16.1. The van der Waals surface area contributed by atoms with E-state index in [0.29, 0.717) is 23.5 Å². The van der Waals surface area contributed by atoms with Gasteiger partial charge in [-0.1, -0.05) is 73.7 Å². The van der Waals surface area contributed by atoms with Gasteiger partial charge in [-0.05, 0) is 52.6 Å². The van der Waals surface area contributed by atoms with E-state index < -0.39 is 0 Å². The Morgan fingerprint density at radius 2 is 1.45 bits per heavy atom. The Balaban J connectivity index is 1.48. The van der Waals surface area contributed by atoms with E-state index in [4.69, 9.17) is 4.74 Å². The van der Waals surface area contributed by atoms with Crippen molar-refractivity contribution in [2.75, 3.05) is 11.9 Å². The van der Waals surface area contributed by atoms with Crippen LogP contribution in [0.25, 0.3) is 10.8 Å². The topological polar surface area (TPSA) is 67.4 Å². The molecule has 4 aromatic rings. The average Bonchev–Trinajstić information content (AvgIpc) is 2.86. The maximum absolute atomic E-state index is 13.0. The van der Waals surface area contributed by atoms with Gasteiger partial charge in [0.2, 0.25) is 0 Å². The second-order valence-corrected chi connectivity index (χ2v) is 7.75. The fraction of sp³-hybridized carbons (Fsp3) is 0.143. The summed E-state index contributed by atoms with van der Waals surface area (Å²) in [4.78, 5) is 25.4. The smallest absolute Gasteiger partial charge is 0.262 e. The SMILES string of the molecule is CCc1ccc(NC(=O)COc2cc3ccccc3cc2C(=O)NCc2ccccc2)cc1. The van der Waals surface area contributed by atoms with E-state index in [1.165, 1.54) is 5.56 Å². The van der Waals surface area contributed by atoms with Gasteiger partial charge in [-0.25, -0.2) is 0 Å². The van der Waals surface area contributed by atoms with Crippen molar-refractivity contribution in [1.82, 2.24) is 5.32 Å². The number of benzene rings is 4. The van der Waals surface area contributed by atoms with Crippen LogP contribution in [0.4, 0.5) is 5.69 Å². The van der Waals surface area contributed by atoms with Gasteiger partial charge in [0.1, 0.15) is 5.75 Å². The van der Waals surface area contributed by atoms with E-state index in [1.807, 2.05) is 78.9 Å². The van der Waals surface area contributed by atoms with Crippen LogP contribution >= 0.6 is 0 Å². The molecule has 0 unspecified atom stereocenters. The standard InChI is InChI=1S/C28H26N2O3/c1-2-20-12-14-24(15-13-20)30-27(31)19-33-26-17-23-11-7-6-10-22(23)16-25(26)28(32)29-18-21-8-4-3-5-9-21/h3-17H,2,18-19H2,1H3,(H,29,32)(H,30,31). The lowest BCUT2D eigenvalue weighted by Crippen LogP contribution is -2.25. The molecule has 0 radical (unpaired) electrons. The number of carbonyl (C=O) groups excluding carboxylic acids is 2. The van der Waals surface area contributed by atoms with Gasteiger partial charge in [0.15, 0.2) is 6.61 Å². The number of fused-ring (bicyclic) bond motifs is 1. The third-order valence-corrected chi connectivity index (χ3v) is 5.39. The Kier molecular flexibility index (Phi) is 7.00. The van der Waals surface area contributed by atoms with Crippen molar-refractivity contribution in [2.24, 2.45) is 0 Å². The predicted octanol–water partition coefficient (Wildman–Crippen LogP) is 5.35. The van der Waals surface area contributed by atoms with Gasteiger partial charge in [0, 0.05) is 12.2 Å². The van der Waals surface area contributed by atoms with Crippen LogP contribution in [0.5, 0.6) is 5.75 Å². The molecule has 5 heteroatoms. The summed E-state index contributed by atoms with van der Waals surface area (Å²) in [6.07, 6.45) is 0.939. The molecule has 2 amide bonds. The maximum Gasteiger partial charge on any atom is 0.262 e. The van der Waals surface area contributed by atoms with Crippen LogP contribution in [0.1, 0.15) is 28.4 Å². The summed E-state index contributed by atoms with van der Waals surface area (Å²) in [7, 11) is 0. The van der Waals surface area contributed by atoms with Crippen LogP contribution in [-0.4, -0.2) is 18.4 Å². The largest absolute Gasteiger partial charge is 0.483 e. The molecule has 0 fully saturated rings. The van der Waals surface area contributed by atoms with Crippen LogP contribution < -0.4 is 15.4 Å². The molecule has 0 heterocycles. The zero-order valence-corrected chi connectivity index (χ0v) is 18.5. The summed E-state index contributed by atoms with van der Waals surface area (Å²) in [5.41, 5.74) is 3.30. The van der Waals surface area contributed by atoms with Crippen LogP contribution in [0, 0.1) is 0 Å². The molecule has 0 aromatic heterocycles. The Hall–Kier alpha value is -4.12. The van der Waals surface area contributed by atoms with Crippen molar-refractivity contribution in [3.8, 4) is 5.75 Å². The second kappa shape index (κ2) is 10.5. The first-order valence-electron chi connectivity index (χ1n) is 11.0. The number of aryl methyl sites for hydroxylation is 1. The fourth-order valence-corrected chi connectivity index (χ4v) is 3.55. The quantitative estimate of drug-likeness (QED) is 0.390.